The first-order valence-electron chi connectivity index (χ1n) is 9.03. The summed E-state index contributed by atoms with van der Waals surface area (Å²) in [5, 5.41) is 2.55. The number of hydrogen-bond donors (Lipinski definition) is 1. The molecule has 0 bridgehead atoms. The van der Waals surface area contributed by atoms with Crippen molar-refractivity contribution in [2.45, 2.75) is 31.9 Å². The molecule has 1 N–H and O–H groups in total. The maximum atomic E-state index is 12.6. The zero-order chi connectivity index (χ0) is 21.0. The number of alkyl halides is 3. The average molecular weight is 427 g/mol. The summed E-state index contributed by atoms with van der Waals surface area (Å²) in [4.78, 5) is 28.1. The number of carbonyl (C=O) groups is 2. The van der Waals surface area contributed by atoms with Gasteiger partial charge in [0.1, 0.15) is 11.6 Å². The molecule has 0 saturated heterocycles. The molecule has 0 spiro atoms. The lowest BCUT2D eigenvalue weighted by molar-refractivity contribution is -0.137. The molecule has 2 aromatic rings. The van der Waals surface area contributed by atoms with Crippen LogP contribution in [0.25, 0.3) is 0 Å². The van der Waals surface area contributed by atoms with E-state index in [0.29, 0.717) is 17.8 Å². The minimum atomic E-state index is -4.48. The van der Waals surface area contributed by atoms with Crippen LogP contribution in [-0.4, -0.2) is 23.3 Å². The lowest BCUT2D eigenvalue weighted by atomic mass is 10.1. The first kappa shape index (κ1) is 21.1. The van der Waals surface area contributed by atoms with E-state index < -0.39 is 11.7 Å². The molecule has 1 fully saturated rings. The van der Waals surface area contributed by atoms with Crippen molar-refractivity contribution in [1.29, 1.82) is 0 Å². The Morgan fingerprint density at radius 3 is 2.62 bits per heavy atom. The van der Waals surface area contributed by atoms with E-state index in [1.807, 2.05) is 0 Å². The molecule has 29 heavy (non-hydrogen) atoms. The SMILES string of the molecule is O=C(CCCOc1ccc(C(F)(F)F)cc1Cl)c1ccnc(NC(=O)C2CC2)c1. The summed E-state index contributed by atoms with van der Waals surface area (Å²) >= 11 is 5.82. The van der Waals surface area contributed by atoms with Gasteiger partial charge < -0.3 is 10.1 Å². The number of nitrogens with one attached hydrogen (secondary N) is 1. The van der Waals surface area contributed by atoms with Crippen LogP contribution in [0.4, 0.5) is 19.0 Å². The number of ketones is 1. The molecule has 3 rings (SSSR count). The highest BCUT2D eigenvalue weighted by Gasteiger charge is 2.31. The number of ether oxygens (including phenoxy) is 1. The van der Waals surface area contributed by atoms with E-state index in [1.54, 1.807) is 6.07 Å². The number of rotatable bonds is 8. The van der Waals surface area contributed by atoms with E-state index in [0.717, 1.165) is 31.0 Å². The van der Waals surface area contributed by atoms with Crippen LogP contribution in [0.1, 0.15) is 41.6 Å². The molecule has 1 aromatic heterocycles. The van der Waals surface area contributed by atoms with Crippen molar-refractivity contribution >= 4 is 29.1 Å². The standard InChI is InChI=1S/C20H18ClF3N2O3/c21-15-11-14(20(22,23)24)5-6-17(15)29-9-1-2-16(27)13-7-8-25-18(10-13)26-19(28)12-3-4-12/h5-8,10-12H,1-4,9H2,(H,25,26,28). The largest absolute Gasteiger partial charge is 0.492 e. The Morgan fingerprint density at radius 1 is 1.21 bits per heavy atom. The highest BCUT2D eigenvalue weighted by Crippen LogP contribution is 2.34. The highest BCUT2D eigenvalue weighted by molar-refractivity contribution is 6.32. The van der Waals surface area contributed by atoms with Crippen LogP contribution >= 0.6 is 11.6 Å². The van der Waals surface area contributed by atoms with Crippen LogP contribution in [0.3, 0.4) is 0 Å². The minimum absolute atomic E-state index is 0.0327. The number of benzene rings is 1. The first-order chi connectivity index (χ1) is 13.7. The fourth-order valence-electron chi connectivity index (χ4n) is 2.60. The van der Waals surface area contributed by atoms with Gasteiger partial charge in [-0.25, -0.2) is 4.98 Å². The molecule has 154 valence electrons. The molecule has 5 nitrogen and oxygen atoms in total. The number of nitrogens with zero attached hydrogens (tertiary/aromatic N) is 1. The second kappa shape index (κ2) is 8.82. The number of Topliss-reactive ketones (excluding diaryl/α,β-unsaturated/α-hetero) is 1. The van der Waals surface area contributed by atoms with Crippen LogP contribution in [0.15, 0.2) is 36.5 Å². The van der Waals surface area contributed by atoms with E-state index in [9.17, 15) is 22.8 Å². The predicted molar refractivity (Wildman–Crippen MR) is 101 cm³/mol. The summed E-state index contributed by atoms with van der Waals surface area (Å²) in [5.74, 6) is 0.243. The molecule has 0 atom stereocenters. The summed E-state index contributed by atoms with van der Waals surface area (Å²) < 4.78 is 43.3. The highest BCUT2D eigenvalue weighted by atomic mass is 35.5. The lowest BCUT2D eigenvalue weighted by Gasteiger charge is -2.11. The van der Waals surface area contributed by atoms with Gasteiger partial charge >= 0.3 is 6.18 Å². The summed E-state index contributed by atoms with van der Waals surface area (Å²) in [5.41, 5.74) is -0.439. The van der Waals surface area contributed by atoms with E-state index in [-0.39, 0.29) is 41.4 Å². The molecule has 1 heterocycles. The van der Waals surface area contributed by atoms with Gasteiger partial charge in [-0.1, -0.05) is 11.6 Å². The molecule has 0 radical (unpaired) electrons. The Morgan fingerprint density at radius 2 is 1.97 bits per heavy atom. The number of pyridine rings is 1. The topological polar surface area (TPSA) is 68.3 Å². The smallest absolute Gasteiger partial charge is 0.416 e. The predicted octanol–water partition coefficient (Wildman–Crippen LogP) is 5.14. The third-order valence-electron chi connectivity index (χ3n) is 4.35. The Hall–Kier alpha value is -2.61. The quantitative estimate of drug-likeness (QED) is 0.468. The molecule has 1 aliphatic carbocycles. The van der Waals surface area contributed by atoms with Crippen molar-refractivity contribution in [1.82, 2.24) is 4.98 Å². The molecule has 1 saturated carbocycles. The van der Waals surface area contributed by atoms with Gasteiger partial charge in [-0.15, -0.1) is 0 Å². The second-order valence-electron chi connectivity index (χ2n) is 6.71. The van der Waals surface area contributed by atoms with E-state index in [2.05, 4.69) is 10.3 Å². The van der Waals surface area contributed by atoms with Crippen LogP contribution in [-0.2, 0) is 11.0 Å². The van der Waals surface area contributed by atoms with Gasteiger partial charge in [-0.2, -0.15) is 13.2 Å². The number of amides is 1. The fraction of sp³-hybridized carbons (Fsp3) is 0.350. The number of carbonyl (C=O) groups excluding carboxylic acids is 2. The number of halogens is 4. The normalized spacial score (nSPS) is 13.8. The zero-order valence-electron chi connectivity index (χ0n) is 15.3. The molecule has 1 aliphatic rings. The van der Waals surface area contributed by atoms with E-state index >= 15 is 0 Å². The Kier molecular flexibility index (Phi) is 6.42. The van der Waals surface area contributed by atoms with Crippen molar-refractivity contribution < 1.29 is 27.5 Å². The maximum absolute atomic E-state index is 12.6. The van der Waals surface area contributed by atoms with E-state index in [1.165, 1.54) is 12.3 Å². The van der Waals surface area contributed by atoms with Gasteiger partial charge in [0, 0.05) is 24.1 Å². The van der Waals surface area contributed by atoms with Crippen LogP contribution in [0.5, 0.6) is 5.75 Å². The monoisotopic (exact) mass is 426 g/mol. The van der Waals surface area contributed by atoms with Crippen LogP contribution < -0.4 is 10.1 Å². The second-order valence-corrected chi connectivity index (χ2v) is 7.12. The Balaban J connectivity index is 1.48. The van der Waals surface area contributed by atoms with Crippen molar-refractivity contribution in [3.05, 3.63) is 52.7 Å². The molecule has 0 aliphatic heterocycles. The lowest BCUT2D eigenvalue weighted by Crippen LogP contribution is -2.15. The summed E-state index contributed by atoms with van der Waals surface area (Å²) in [6, 6.07) is 5.93. The molecule has 0 unspecified atom stereocenters. The van der Waals surface area contributed by atoms with Crippen LogP contribution in [0, 0.1) is 5.92 Å². The zero-order valence-corrected chi connectivity index (χ0v) is 16.0. The maximum Gasteiger partial charge on any atom is 0.416 e. The minimum Gasteiger partial charge on any atom is -0.492 e. The number of hydrogen-bond acceptors (Lipinski definition) is 4. The molecule has 1 amide bonds. The third kappa shape index (κ3) is 5.93. The van der Waals surface area contributed by atoms with Gasteiger partial charge in [0.25, 0.3) is 0 Å². The van der Waals surface area contributed by atoms with Gasteiger partial charge in [-0.05, 0) is 49.6 Å². The molecule has 1 aromatic carbocycles. The van der Waals surface area contributed by atoms with Crippen molar-refractivity contribution in [3.63, 3.8) is 0 Å². The Bertz CT molecular complexity index is 914. The van der Waals surface area contributed by atoms with E-state index in [4.69, 9.17) is 16.3 Å². The fourth-order valence-corrected chi connectivity index (χ4v) is 2.83. The van der Waals surface area contributed by atoms with Gasteiger partial charge in [-0.3, -0.25) is 9.59 Å². The van der Waals surface area contributed by atoms with Gasteiger partial charge in [0.05, 0.1) is 17.2 Å². The van der Waals surface area contributed by atoms with Gasteiger partial charge in [0.15, 0.2) is 5.78 Å². The average Bonchev–Trinajstić information content (AvgIpc) is 3.51. The van der Waals surface area contributed by atoms with Crippen molar-refractivity contribution in [2.75, 3.05) is 11.9 Å². The summed E-state index contributed by atoms with van der Waals surface area (Å²) in [7, 11) is 0. The van der Waals surface area contributed by atoms with Crippen molar-refractivity contribution in [3.8, 4) is 5.75 Å². The Labute approximate surface area is 170 Å². The first-order valence-corrected chi connectivity index (χ1v) is 9.41. The number of aromatic nitrogens is 1. The van der Waals surface area contributed by atoms with Gasteiger partial charge in [0.2, 0.25) is 5.91 Å². The van der Waals surface area contributed by atoms with Crippen LogP contribution in [0.2, 0.25) is 5.02 Å². The van der Waals surface area contributed by atoms with Crippen molar-refractivity contribution in [2.24, 2.45) is 5.92 Å². The molecule has 9 heteroatoms. The molecular weight excluding hydrogens is 409 g/mol. The summed E-state index contributed by atoms with van der Waals surface area (Å²) in [6.45, 7) is 0.118. The number of anilines is 1. The summed E-state index contributed by atoms with van der Waals surface area (Å²) in [6.07, 6.45) is -0.772. The molecular formula is C20H18ClF3N2O3. The third-order valence-corrected chi connectivity index (χ3v) is 4.64.